The molecule has 3 aliphatic carbocycles. The van der Waals surface area contributed by atoms with Gasteiger partial charge in [0, 0.05) is 6.42 Å². The third-order valence-corrected chi connectivity index (χ3v) is 8.19. The predicted octanol–water partition coefficient (Wildman–Crippen LogP) is 6.78. The Balaban J connectivity index is 1.55. The van der Waals surface area contributed by atoms with E-state index in [1.54, 1.807) is 0 Å². The molecule has 4 unspecified atom stereocenters. The molecule has 0 amide bonds. The fourth-order valence-corrected chi connectivity index (χ4v) is 6.56. The maximum atomic E-state index is 14.0. The van der Waals surface area contributed by atoms with Crippen LogP contribution in [-0.2, 0) is 0 Å². The van der Waals surface area contributed by atoms with Gasteiger partial charge < -0.3 is 5.11 Å². The van der Waals surface area contributed by atoms with E-state index in [1.807, 2.05) is 0 Å². The summed E-state index contributed by atoms with van der Waals surface area (Å²) in [6, 6.07) is 0. The van der Waals surface area contributed by atoms with Crippen LogP contribution in [0.15, 0.2) is 0 Å². The van der Waals surface area contributed by atoms with E-state index >= 15 is 0 Å². The number of alkyl halides is 3. The van der Waals surface area contributed by atoms with Gasteiger partial charge >= 0.3 is 0 Å². The Bertz CT molecular complexity index is 453. The van der Waals surface area contributed by atoms with E-state index in [4.69, 9.17) is 0 Å². The normalized spacial score (nSPS) is 47.6. The van der Waals surface area contributed by atoms with Crippen LogP contribution in [-0.4, -0.2) is 23.3 Å². The highest BCUT2D eigenvalue weighted by molar-refractivity contribution is 4.95. The number of hydrogen-bond donors (Lipinski definition) is 1. The minimum Gasteiger partial charge on any atom is -0.359 e. The second-order valence-electron chi connectivity index (χ2n) is 10.1. The summed E-state index contributed by atoms with van der Waals surface area (Å²) in [5.74, 6) is 0.308. The fourth-order valence-electron chi connectivity index (χ4n) is 6.56. The molecule has 3 fully saturated rings. The summed E-state index contributed by atoms with van der Waals surface area (Å²) in [6.45, 7) is 4.65. The summed E-state index contributed by atoms with van der Waals surface area (Å²) in [7, 11) is 0. The van der Waals surface area contributed by atoms with Crippen molar-refractivity contribution in [3.63, 3.8) is 0 Å². The average Bonchev–Trinajstić information content (AvgIpc) is 2.65. The molecule has 5 atom stereocenters. The molecule has 0 radical (unpaired) electrons. The second-order valence-corrected chi connectivity index (χ2v) is 10.1. The van der Waals surface area contributed by atoms with Crippen LogP contribution in [0.4, 0.5) is 13.2 Å². The average molecular weight is 389 g/mol. The zero-order valence-electron chi connectivity index (χ0n) is 17.2. The first-order valence-electron chi connectivity index (χ1n) is 11.5. The van der Waals surface area contributed by atoms with Crippen LogP contribution in [0, 0.1) is 35.5 Å². The SMILES string of the molecule is CCC[C@H](C1CCC(C)CC1)C1CCC(C2CC(F)C(F)C(O)(F)C2)CC1. The van der Waals surface area contributed by atoms with Crippen LogP contribution in [0.1, 0.15) is 90.9 Å². The predicted molar refractivity (Wildman–Crippen MR) is 104 cm³/mol. The number of halogens is 3. The topological polar surface area (TPSA) is 20.2 Å². The molecule has 0 saturated heterocycles. The largest absolute Gasteiger partial charge is 0.359 e. The summed E-state index contributed by atoms with van der Waals surface area (Å²) < 4.78 is 41.5. The van der Waals surface area contributed by atoms with Gasteiger partial charge in [-0.1, -0.05) is 39.5 Å². The summed E-state index contributed by atoms with van der Waals surface area (Å²) in [4.78, 5) is 0. The van der Waals surface area contributed by atoms with Gasteiger partial charge in [0.25, 0.3) is 0 Å². The molecule has 0 aromatic carbocycles. The Morgan fingerprint density at radius 3 is 2.00 bits per heavy atom. The maximum absolute atomic E-state index is 14.0. The van der Waals surface area contributed by atoms with Crippen molar-refractivity contribution in [1.29, 1.82) is 0 Å². The van der Waals surface area contributed by atoms with Crippen molar-refractivity contribution in [2.45, 2.75) is 109 Å². The molecule has 158 valence electrons. The Kier molecular flexibility index (Phi) is 7.19. The molecular weight excluding hydrogens is 349 g/mol. The smallest absolute Gasteiger partial charge is 0.241 e. The van der Waals surface area contributed by atoms with Gasteiger partial charge in [-0.25, -0.2) is 13.2 Å². The maximum Gasteiger partial charge on any atom is 0.241 e. The van der Waals surface area contributed by atoms with Crippen LogP contribution in [0.5, 0.6) is 0 Å². The molecule has 0 spiro atoms. The second kappa shape index (κ2) is 9.05. The monoisotopic (exact) mass is 388 g/mol. The van der Waals surface area contributed by atoms with Crippen LogP contribution in [0.25, 0.3) is 0 Å². The number of rotatable bonds is 5. The summed E-state index contributed by atoms with van der Waals surface area (Å²) >= 11 is 0. The quantitative estimate of drug-likeness (QED) is 0.550. The summed E-state index contributed by atoms with van der Waals surface area (Å²) in [5, 5.41) is 9.63. The first-order valence-corrected chi connectivity index (χ1v) is 11.5. The van der Waals surface area contributed by atoms with Gasteiger partial charge in [-0.3, -0.25) is 0 Å². The summed E-state index contributed by atoms with van der Waals surface area (Å²) in [5.41, 5.74) is 0. The third-order valence-electron chi connectivity index (χ3n) is 8.19. The molecule has 0 aromatic rings. The highest BCUT2D eigenvalue weighted by atomic mass is 19.2. The molecule has 0 bridgehead atoms. The molecule has 0 aliphatic heterocycles. The lowest BCUT2D eigenvalue weighted by Crippen LogP contribution is -2.49. The van der Waals surface area contributed by atoms with Crippen molar-refractivity contribution in [3.05, 3.63) is 0 Å². The van der Waals surface area contributed by atoms with E-state index in [0.29, 0.717) is 0 Å². The molecule has 3 saturated carbocycles. The van der Waals surface area contributed by atoms with Crippen molar-refractivity contribution >= 4 is 0 Å². The van der Waals surface area contributed by atoms with Crippen LogP contribution in [0.2, 0.25) is 0 Å². The first-order chi connectivity index (χ1) is 12.8. The Labute approximate surface area is 163 Å². The minimum absolute atomic E-state index is 0.0711. The lowest BCUT2D eigenvalue weighted by Gasteiger charge is -2.44. The van der Waals surface area contributed by atoms with Crippen LogP contribution >= 0.6 is 0 Å². The molecular formula is C23H39F3O. The van der Waals surface area contributed by atoms with E-state index in [2.05, 4.69) is 13.8 Å². The van der Waals surface area contributed by atoms with Gasteiger partial charge in [-0.05, 0) is 80.5 Å². The molecule has 27 heavy (non-hydrogen) atoms. The molecule has 0 heterocycles. The Morgan fingerprint density at radius 1 is 0.926 bits per heavy atom. The van der Waals surface area contributed by atoms with Crippen LogP contribution < -0.4 is 0 Å². The van der Waals surface area contributed by atoms with Crippen molar-refractivity contribution in [3.8, 4) is 0 Å². The van der Waals surface area contributed by atoms with Crippen LogP contribution in [0.3, 0.4) is 0 Å². The van der Waals surface area contributed by atoms with Gasteiger partial charge in [0.15, 0.2) is 6.17 Å². The van der Waals surface area contributed by atoms with E-state index in [-0.39, 0.29) is 24.7 Å². The zero-order valence-corrected chi connectivity index (χ0v) is 17.2. The number of aliphatic hydroxyl groups is 1. The minimum atomic E-state index is -2.98. The van der Waals surface area contributed by atoms with E-state index < -0.39 is 18.2 Å². The van der Waals surface area contributed by atoms with Crippen molar-refractivity contribution < 1.29 is 18.3 Å². The van der Waals surface area contributed by atoms with E-state index in [9.17, 15) is 18.3 Å². The highest BCUT2D eigenvalue weighted by Crippen LogP contribution is 2.49. The molecule has 3 aliphatic rings. The Hall–Kier alpha value is -0.250. The van der Waals surface area contributed by atoms with Gasteiger partial charge in [0.05, 0.1) is 0 Å². The van der Waals surface area contributed by atoms with Crippen molar-refractivity contribution in [2.75, 3.05) is 0 Å². The Morgan fingerprint density at radius 2 is 1.48 bits per heavy atom. The standard InChI is InChI=1S/C23H39F3O/c1-3-4-20(17-7-5-15(2)6-8-17)18-11-9-16(10-12-18)19-13-21(24)22(25)23(26,27)14-19/h15-22,27H,3-14H2,1-2H3/t15?,16?,17?,18?,19?,20-,21?,22?,23?/m1/s1. The molecule has 1 N–H and O–H groups in total. The van der Waals surface area contributed by atoms with Gasteiger partial charge in [0.1, 0.15) is 6.17 Å². The number of hydrogen-bond acceptors (Lipinski definition) is 1. The van der Waals surface area contributed by atoms with Gasteiger partial charge in [0.2, 0.25) is 5.85 Å². The van der Waals surface area contributed by atoms with E-state index in [1.165, 1.54) is 38.5 Å². The van der Waals surface area contributed by atoms with E-state index in [0.717, 1.165) is 49.4 Å². The first kappa shape index (κ1) is 21.5. The van der Waals surface area contributed by atoms with Crippen molar-refractivity contribution in [1.82, 2.24) is 0 Å². The van der Waals surface area contributed by atoms with Crippen molar-refractivity contribution in [2.24, 2.45) is 35.5 Å². The molecule has 0 aromatic heterocycles. The fraction of sp³-hybridized carbons (Fsp3) is 1.00. The zero-order chi connectivity index (χ0) is 19.6. The molecule has 3 rings (SSSR count). The highest BCUT2D eigenvalue weighted by Gasteiger charge is 2.51. The lowest BCUT2D eigenvalue weighted by molar-refractivity contribution is -0.200. The van der Waals surface area contributed by atoms with Gasteiger partial charge in [-0.15, -0.1) is 0 Å². The third kappa shape index (κ3) is 5.03. The summed E-state index contributed by atoms with van der Waals surface area (Å²) in [6.07, 6.45) is 7.82. The molecule has 4 heteroatoms. The van der Waals surface area contributed by atoms with Gasteiger partial charge in [-0.2, -0.15) is 0 Å². The lowest BCUT2D eigenvalue weighted by atomic mass is 9.63. The molecule has 1 nitrogen and oxygen atoms in total.